The smallest absolute Gasteiger partial charge is 0.332 e. The van der Waals surface area contributed by atoms with Crippen LogP contribution in [0.5, 0.6) is 0 Å². The molecular weight excluding hydrogens is 173 g/mol. The number of halogens is 1. The Balaban J connectivity index is 4.14. The van der Waals surface area contributed by atoms with Gasteiger partial charge in [-0.15, -0.1) is 0 Å². The average Bonchev–Trinajstić information content (AvgIpc) is 2.01. The van der Waals surface area contributed by atoms with E-state index in [1.165, 1.54) is 0 Å². The van der Waals surface area contributed by atoms with Crippen molar-refractivity contribution >= 4 is 5.97 Å². The van der Waals surface area contributed by atoms with Crippen molar-refractivity contribution < 1.29 is 13.9 Å². The number of allylic oxidation sites excluding steroid dienone is 1. The number of nitrogens with two attached hydrogens (primary N) is 1. The summed E-state index contributed by atoms with van der Waals surface area (Å²) in [6.07, 6.45) is -0.221. The molecule has 0 aromatic rings. The van der Waals surface area contributed by atoms with Crippen molar-refractivity contribution in [2.45, 2.75) is 39.5 Å². The normalized spacial score (nSPS) is 14.4. The first-order chi connectivity index (χ1) is 5.97. The highest BCUT2D eigenvalue weighted by molar-refractivity contribution is 5.82. The quantitative estimate of drug-likeness (QED) is 0.539. The van der Waals surface area contributed by atoms with E-state index < -0.39 is 12.1 Å². The Morgan fingerprint density at radius 1 is 1.62 bits per heavy atom. The van der Waals surface area contributed by atoms with E-state index in [0.29, 0.717) is 0 Å². The summed E-state index contributed by atoms with van der Waals surface area (Å²) in [5.74, 6) is -0.594. The van der Waals surface area contributed by atoms with E-state index in [9.17, 15) is 9.18 Å². The number of rotatable bonds is 4. The molecule has 3 nitrogen and oxygen atoms in total. The van der Waals surface area contributed by atoms with E-state index in [1.807, 2.05) is 0 Å². The van der Waals surface area contributed by atoms with Gasteiger partial charge in [0.1, 0.15) is 6.17 Å². The monoisotopic (exact) mass is 189 g/mol. The van der Waals surface area contributed by atoms with Crippen molar-refractivity contribution in [3.8, 4) is 0 Å². The molecule has 13 heavy (non-hydrogen) atoms. The van der Waals surface area contributed by atoms with Crippen molar-refractivity contribution in [2.75, 3.05) is 0 Å². The molecule has 0 amide bonds. The molecule has 0 bridgehead atoms. The van der Waals surface area contributed by atoms with Crippen molar-refractivity contribution in [3.63, 3.8) is 0 Å². The van der Waals surface area contributed by atoms with Crippen molar-refractivity contribution in [1.82, 2.24) is 0 Å². The van der Waals surface area contributed by atoms with Crippen LogP contribution >= 0.6 is 0 Å². The molecule has 4 heteroatoms. The molecule has 0 aromatic carbocycles. The highest BCUT2D eigenvalue weighted by atomic mass is 19.1. The molecule has 0 saturated heterocycles. The minimum atomic E-state index is -1.26. The predicted molar refractivity (Wildman–Crippen MR) is 48.7 cm³/mol. The van der Waals surface area contributed by atoms with E-state index in [-0.39, 0.29) is 18.2 Å². The van der Waals surface area contributed by atoms with Gasteiger partial charge in [0.05, 0.1) is 11.8 Å². The Hall–Kier alpha value is -1.06. The number of hydrogen-bond donors (Lipinski definition) is 1. The highest BCUT2D eigenvalue weighted by Gasteiger charge is 2.09. The summed E-state index contributed by atoms with van der Waals surface area (Å²) in [6, 6.07) is 0. The van der Waals surface area contributed by atoms with Gasteiger partial charge in [0.15, 0.2) is 0 Å². The average molecular weight is 189 g/mol. The van der Waals surface area contributed by atoms with Gasteiger partial charge in [-0.1, -0.05) is 6.92 Å². The summed E-state index contributed by atoms with van der Waals surface area (Å²) in [7, 11) is 0. The molecule has 0 spiro atoms. The maximum absolute atomic E-state index is 12.8. The third kappa shape index (κ3) is 5.22. The van der Waals surface area contributed by atoms with E-state index >= 15 is 0 Å². The van der Waals surface area contributed by atoms with Crippen LogP contribution < -0.4 is 5.73 Å². The van der Waals surface area contributed by atoms with Crippen LogP contribution in [0.2, 0.25) is 0 Å². The molecule has 2 N–H and O–H groups in total. The van der Waals surface area contributed by atoms with E-state index in [2.05, 4.69) is 0 Å². The van der Waals surface area contributed by atoms with Crippen LogP contribution in [-0.2, 0) is 9.53 Å². The maximum atomic E-state index is 12.8. The molecule has 0 aliphatic carbocycles. The second-order valence-electron chi connectivity index (χ2n) is 3.01. The number of carbonyl (C=O) groups excluding carboxylic acids is 1. The Bertz CT molecular complexity index is 202. The fourth-order valence-electron chi connectivity index (χ4n) is 0.729. The standard InChI is InChI=1S/C9H16FNO2/c1-4-7(10)8(11)5-9(12)13-6(2)3/h5-7H,4,11H2,1-3H3. The zero-order valence-corrected chi connectivity index (χ0v) is 8.21. The first kappa shape index (κ1) is 11.9. The van der Waals surface area contributed by atoms with Crippen LogP contribution in [0.25, 0.3) is 0 Å². The summed E-state index contributed by atoms with van der Waals surface area (Å²) in [5, 5.41) is 0. The van der Waals surface area contributed by atoms with Gasteiger partial charge in [-0.05, 0) is 20.3 Å². The van der Waals surface area contributed by atoms with E-state index in [0.717, 1.165) is 6.08 Å². The lowest BCUT2D eigenvalue weighted by Gasteiger charge is -2.07. The Kier molecular flexibility index (Phi) is 5.11. The van der Waals surface area contributed by atoms with Crippen molar-refractivity contribution in [2.24, 2.45) is 5.73 Å². The van der Waals surface area contributed by atoms with Gasteiger partial charge in [-0.2, -0.15) is 0 Å². The summed E-state index contributed by atoms with van der Waals surface area (Å²) in [4.78, 5) is 10.9. The van der Waals surface area contributed by atoms with Crippen LogP contribution in [0.1, 0.15) is 27.2 Å². The van der Waals surface area contributed by atoms with E-state index in [1.54, 1.807) is 20.8 Å². The van der Waals surface area contributed by atoms with Gasteiger partial charge in [-0.25, -0.2) is 9.18 Å². The largest absolute Gasteiger partial charge is 0.460 e. The number of hydrogen-bond acceptors (Lipinski definition) is 3. The number of alkyl halides is 1. The van der Waals surface area contributed by atoms with Crippen LogP contribution in [0.3, 0.4) is 0 Å². The van der Waals surface area contributed by atoms with Crippen molar-refractivity contribution in [1.29, 1.82) is 0 Å². The third-order valence-corrected chi connectivity index (χ3v) is 1.36. The number of ether oxygens (including phenoxy) is 1. The van der Waals surface area contributed by atoms with Gasteiger partial charge in [0, 0.05) is 6.08 Å². The Labute approximate surface area is 77.7 Å². The highest BCUT2D eigenvalue weighted by Crippen LogP contribution is 2.05. The molecule has 1 unspecified atom stereocenters. The molecule has 0 heterocycles. The molecule has 76 valence electrons. The lowest BCUT2D eigenvalue weighted by Crippen LogP contribution is -2.16. The first-order valence-corrected chi connectivity index (χ1v) is 4.29. The molecule has 0 aliphatic rings. The lowest BCUT2D eigenvalue weighted by atomic mass is 10.2. The molecule has 0 aliphatic heterocycles. The third-order valence-electron chi connectivity index (χ3n) is 1.36. The zero-order valence-electron chi connectivity index (χ0n) is 8.21. The van der Waals surface area contributed by atoms with Crippen LogP contribution in [0, 0.1) is 0 Å². The Morgan fingerprint density at radius 2 is 2.15 bits per heavy atom. The van der Waals surface area contributed by atoms with Crippen LogP contribution in [-0.4, -0.2) is 18.2 Å². The molecule has 0 rings (SSSR count). The summed E-state index contributed by atoms with van der Waals surface area (Å²) >= 11 is 0. The van der Waals surface area contributed by atoms with Crippen LogP contribution in [0.15, 0.2) is 11.8 Å². The molecule has 0 saturated carbocycles. The second-order valence-corrected chi connectivity index (χ2v) is 3.01. The molecule has 0 radical (unpaired) electrons. The molecule has 0 fully saturated rings. The van der Waals surface area contributed by atoms with Gasteiger partial charge >= 0.3 is 5.97 Å². The fraction of sp³-hybridized carbons (Fsp3) is 0.667. The minimum Gasteiger partial charge on any atom is -0.460 e. The maximum Gasteiger partial charge on any atom is 0.332 e. The molecular formula is C9H16FNO2. The van der Waals surface area contributed by atoms with Gasteiger partial charge in [0.25, 0.3) is 0 Å². The summed E-state index contributed by atoms with van der Waals surface area (Å²) in [6.45, 7) is 5.09. The molecule has 1 atom stereocenters. The summed E-state index contributed by atoms with van der Waals surface area (Å²) in [5.41, 5.74) is 5.21. The van der Waals surface area contributed by atoms with Gasteiger partial charge in [0.2, 0.25) is 0 Å². The first-order valence-electron chi connectivity index (χ1n) is 4.29. The zero-order chi connectivity index (χ0) is 10.4. The number of carbonyl (C=O) groups is 1. The molecule has 0 aromatic heterocycles. The topological polar surface area (TPSA) is 52.3 Å². The number of esters is 1. The Morgan fingerprint density at radius 3 is 2.54 bits per heavy atom. The van der Waals surface area contributed by atoms with Gasteiger partial charge < -0.3 is 10.5 Å². The van der Waals surface area contributed by atoms with Crippen molar-refractivity contribution in [3.05, 3.63) is 11.8 Å². The SMILES string of the molecule is CCC(F)C(N)=CC(=O)OC(C)C. The van der Waals surface area contributed by atoms with Gasteiger partial charge in [-0.3, -0.25) is 0 Å². The predicted octanol–water partition coefficient (Wildman–Crippen LogP) is 1.53. The minimum absolute atomic E-state index is 0.0758. The lowest BCUT2D eigenvalue weighted by molar-refractivity contribution is -0.141. The second kappa shape index (κ2) is 5.56. The van der Waals surface area contributed by atoms with E-state index in [4.69, 9.17) is 10.5 Å². The van der Waals surface area contributed by atoms with Crippen LogP contribution in [0.4, 0.5) is 4.39 Å². The fourth-order valence-corrected chi connectivity index (χ4v) is 0.729. The summed E-state index contributed by atoms with van der Waals surface area (Å²) < 4.78 is 17.6.